The van der Waals surface area contributed by atoms with Gasteiger partial charge in [-0.1, -0.05) is 0 Å². The fourth-order valence-corrected chi connectivity index (χ4v) is 2.13. The average Bonchev–Trinajstić information content (AvgIpc) is 3.12. The molecule has 0 radical (unpaired) electrons. The van der Waals surface area contributed by atoms with E-state index in [9.17, 15) is 0 Å². The normalized spacial score (nSPS) is 15.0. The Kier molecular flexibility index (Phi) is 2.88. The van der Waals surface area contributed by atoms with E-state index in [4.69, 9.17) is 0 Å². The first kappa shape index (κ1) is 11.4. The van der Waals surface area contributed by atoms with Crippen LogP contribution in [0.25, 0.3) is 5.69 Å². The molecule has 2 aromatic rings. The number of nitrogens with zero attached hydrogens (tertiary/aromatic N) is 3. The van der Waals surface area contributed by atoms with Crippen molar-refractivity contribution in [3.05, 3.63) is 41.5 Å². The fraction of sp³-hybridized carbons (Fsp3) is 0.429. The maximum absolute atomic E-state index is 4.49. The molecule has 4 nitrogen and oxygen atoms in total. The standard InChI is InChI=1S/C14H18N4/c1-10-5-11(2)18(17-10)14-6-12(7-15-9-14)8-16-13-3-4-13/h5-7,9,13,16H,3-4,8H2,1-2H3. The van der Waals surface area contributed by atoms with Crippen LogP contribution in [-0.4, -0.2) is 20.8 Å². The van der Waals surface area contributed by atoms with Crippen LogP contribution in [0.2, 0.25) is 0 Å². The molecular weight excluding hydrogens is 224 g/mol. The van der Waals surface area contributed by atoms with E-state index in [-0.39, 0.29) is 0 Å². The summed E-state index contributed by atoms with van der Waals surface area (Å²) in [4.78, 5) is 4.31. The monoisotopic (exact) mass is 242 g/mol. The quantitative estimate of drug-likeness (QED) is 0.893. The zero-order valence-corrected chi connectivity index (χ0v) is 10.8. The summed E-state index contributed by atoms with van der Waals surface area (Å²) in [5.74, 6) is 0. The molecule has 1 N–H and O–H groups in total. The molecule has 1 fully saturated rings. The van der Waals surface area contributed by atoms with Crippen molar-refractivity contribution < 1.29 is 0 Å². The Labute approximate surface area is 107 Å². The predicted molar refractivity (Wildman–Crippen MR) is 70.7 cm³/mol. The van der Waals surface area contributed by atoms with Gasteiger partial charge in [-0.3, -0.25) is 4.98 Å². The molecule has 2 aromatic heterocycles. The smallest absolute Gasteiger partial charge is 0.0835 e. The second kappa shape index (κ2) is 4.53. The van der Waals surface area contributed by atoms with Crippen LogP contribution in [0.5, 0.6) is 0 Å². The number of aromatic nitrogens is 3. The lowest BCUT2D eigenvalue weighted by molar-refractivity contribution is 0.684. The highest BCUT2D eigenvalue weighted by Gasteiger charge is 2.20. The zero-order valence-electron chi connectivity index (χ0n) is 10.8. The van der Waals surface area contributed by atoms with Gasteiger partial charge in [0.15, 0.2) is 0 Å². The number of rotatable bonds is 4. The molecule has 1 saturated carbocycles. The third-order valence-corrected chi connectivity index (χ3v) is 3.21. The van der Waals surface area contributed by atoms with E-state index in [1.54, 1.807) is 0 Å². The van der Waals surface area contributed by atoms with Gasteiger partial charge in [-0.2, -0.15) is 5.10 Å². The van der Waals surface area contributed by atoms with Crippen molar-refractivity contribution in [3.63, 3.8) is 0 Å². The number of hydrogen-bond acceptors (Lipinski definition) is 3. The van der Waals surface area contributed by atoms with Crippen LogP contribution >= 0.6 is 0 Å². The van der Waals surface area contributed by atoms with Crippen molar-refractivity contribution in [2.24, 2.45) is 0 Å². The average molecular weight is 242 g/mol. The van der Waals surface area contributed by atoms with Gasteiger partial charge in [-0.15, -0.1) is 0 Å². The minimum Gasteiger partial charge on any atom is -0.310 e. The summed E-state index contributed by atoms with van der Waals surface area (Å²) in [6, 6.07) is 4.96. The molecule has 0 amide bonds. The molecule has 0 atom stereocenters. The lowest BCUT2D eigenvalue weighted by Gasteiger charge is -2.07. The van der Waals surface area contributed by atoms with Gasteiger partial charge in [0.05, 0.1) is 17.6 Å². The third kappa shape index (κ3) is 2.43. The number of pyridine rings is 1. The Balaban J connectivity index is 1.82. The lowest BCUT2D eigenvalue weighted by Crippen LogP contribution is -2.15. The maximum Gasteiger partial charge on any atom is 0.0835 e. The highest BCUT2D eigenvalue weighted by atomic mass is 15.3. The van der Waals surface area contributed by atoms with Gasteiger partial charge in [0.25, 0.3) is 0 Å². The van der Waals surface area contributed by atoms with E-state index < -0.39 is 0 Å². The minimum atomic E-state index is 0.724. The highest BCUT2D eigenvalue weighted by molar-refractivity contribution is 5.33. The number of hydrogen-bond donors (Lipinski definition) is 1. The van der Waals surface area contributed by atoms with Gasteiger partial charge in [0.2, 0.25) is 0 Å². The summed E-state index contributed by atoms with van der Waals surface area (Å²) in [5.41, 5.74) is 4.43. The van der Waals surface area contributed by atoms with Crippen LogP contribution in [0.15, 0.2) is 24.5 Å². The molecule has 3 rings (SSSR count). The summed E-state index contributed by atoms with van der Waals surface area (Å²) >= 11 is 0. The molecule has 1 aliphatic rings. The van der Waals surface area contributed by atoms with Crippen LogP contribution < -0.4 is 5.32 Å². The van der Waals surface area contributed by atoms with E-state index in [1.165, 1.54) is 18.4 Å². The predicted octanol–water partition coefficient (Wildman–Crippen LogP) is 2.14. The molecule has 0 aliphatic heterocycles. The summed E-state index contributed by atoms with van der Waals surface area (Å²) in [7, 11) is 0. The summed E-state index contributed by atoms with van der Waals surface area (Å²) in [6.45, 7) is 4.97. The first-order valence-electron chi connectivity index (χ1n) is 6.43. The van der Waals surface area contributed by atoms with E-state index >= 15 is 0 Å². The molecular formula is C14H18N4. The highest BCUT2D eigenvalue weighted by Crippen LogP contribution is 2.19. The number of nitrogens with one attached hydrogen (secondary N) is 1. The molecule has 1 aliphatic carbocycles. The summed E-state index contributed by atoms with van der Waals surface area (Å²) in [5, 5.41) is 7.99. The van der Waals surface area contributed by atoms with Crippen molar-refractivity contribution in [2.75, 3.05) is 0 Å². The van der Waals surface area contributed by atoms with E-state index in [0.717, 1.165) is 29.7 Å². The van der Waals surface area contributed by atoms with Crippen LogP contribution in [0.1, 0.15) is 29.8 Å². The molecule has 94 valence electrons. The van der Waals surface area contributed by atoms with E-state index in [2.05, 4.69) is 34.5 Å². The summed E-state index contributed by atoms with van der Waals surface area (Å²) in [6.07, 6.45) is 6.40. The van der Waals surface area contributed by atoms with Crippen molar-refractivity contribution in [2.45, 2.75) is 39.3 Å². The number of aryl methyl sites for hydroxylation is 2. The second-order valence-electron chi connectivity index (χ2n) is 5.05. The molecule has 0 bridgehead atoms. The molecule has 0 saturated heterocycles. The second-order valence-corrected chi connectivity index (χ2v) is 5.05. The summed E-state index contributed by atoms with van der Waals surface area (Å²) < 4.78 is 1.95. The maximum atomic E-state index is 4.49. The first-order chi connectivity index (χ1) is 8.72. The molecule has 2 heterocycles. The van der Waals surface area contributed by atoms with Crippen LogP contribution in [0.4, 0.5) is 0 Å². The molecule has 0 unspecified atom stereocenters. The SMILES string of the molecule is Cc1cc(C)n(-c2cncc(CNC3CC3)c2)n1. The van der Waals surface area contributed by atoms with Gasteiger partial charge in [-0.25, -0.2) is 4.68 Å². The van der Waals surface area contributed by atoms with Gasteiger partial charge < -0.3 is 5.32 Å². The Morgan fingerprint density at radius 3 is 2.78 bits per heavy atom. The largest absolute Gasteiger partial charge is 0.310 e. The van der Waals surface area contributed by atoms with E-state index in [1.807, 2.05) is 24.0 Å². The van der Waals surface area contributed by atoms with Crippen molar-refractivity contribution in [3.8, 4) is 5.69 Å². The van der Waals surface area contributed by atoms with Gasteiger partial charge in [0.1, 0.15) is 0 Å². The molecule has 4 heteroatoms. The molecule has 0 spiro atoms. The molecule has 18 heavy (non-hydrogen) atoms. The van der Waals surface area contributed by atoms with Crippen LogP contribution in [-0.2, 0) is 6.54 Å². The van der Waals surface area contributed by atoms with Crippen LogP contribution in [0.3, 0.4) is 0 Å². The zero-order chi connectivity index (χ0) is 12.5. The lowest BCUT2D eigenvalue weighted by atomic mass is 10.2. The Hall–Kier alpha value is -1.68. The van der Waals surface area contributed by atoms with Crippen LogP contribution in [0, 0.1) is 13.8 Å². The van der Waals surface area contributed by atoms with Crippen molar-refractivity contribution in [1.29, 1.82) is 0 Å². The van der Waals surface area contributed by atoms with E-state index in [0.29, 0.717) is 0 Å². The Morgan fingerprint density at radius 2 is 2.11 bits per heavy atom. The molecule has 0 aromatic carbocycles. The van der Waals surface area contributed by atoms with Gasteiger partial charge in [-0.05, 0) is 44.4 Å². The Morgan fingerprint density at radius 1 is 1.28 bits per heavy atom. The van der Waals surface area contributed by atoms with Gasteiger partial charge >= 0.3 is 0 Å². The topological polar surface area (TPSA) is 42.7 Å². The Bertz CT molecular complexity index is 555. The van der Waals surface area contributed by atoms with Crippen molar-refractivity contribution in [1.82, 2.24) is 20.1 Å². The van der Waals surface area contributed by atoms with Crippen molar-refractivity contribution >= 4 is 0 Å². The third-order valence-electron chi connectivity index (χ3n) is 3.21. The van der Waals surface area contributed by atoms with Gasteiger partial charge in [0, 0.05) is 24.5 Å². The first-order valence-corrected chi connectivity index (χ1v) is 6.43. The fourth-order valence-electron chi connectivity index (χ4n) is 2.13. The minimum absolute atomic E-state index is 0.724.